The number of likely N-dealkylation sites (tertiary alicyclic amines) is 1. The number of carbonyl (C=O) groups is 2. The molecule has 184 valence electrons. The highest BCUT2D eigenvalue weighted by molar-refractivity contribution is 5.97. The van der Waals surface area contributed by atoms with Crippen molar-refractivity contribution < 1.29 is 14.3 Å². The van der Waals surface area contributed by atoms with Crippen molar-refractivity contribution in [2.24, 2.45) is 5.92 Å². The van der Waals surface area contributed by atoms with E-state index in [-0.39, 0.29) is 49.4 Å². The van der Waals surface area contributed by atoms with Crippen LogP contribution in [0.1, 0.15) is 31.7 Å². The first-order valence-electron chi connectivity index (χ1n) is 11.6. The van der Waals surface area contributed by atoms with Gasteiger partial charge in [-0.1, -0.05) is 37.3 Å². The Morgan fingerprint density at radius 3 is 2.65 bits per heavy atom. The molecule has 0 radical (unpaired) electrons. The minimum atomic E-state index is -0.716. The van der Waals surface area contributed by atoms with Gasteiger partial charge in [-0.25, -0.2) is 4.79 Å². The van der Waals surface area contributed by atoms with Gasteiger partial charge < -0.3 is 20.3 Å². The Labute approximate surface area is 198 Å². The molecule has 0 bridgehead atoms. The second-order valence-corrected chi connectivity index (χ2v) is 8.47. The molecule has 3 N–H and O–H groups in total. The summed E-state index contributed by atoms with van der Waals surface area (Å²) in [4.78, 5) is 56.8. The van der Waals surface area contributed by atoms with Gasteiger partial charge in [-0.05, 0) is 24.8 Å². The molecule has 0 spiro atoms. The molecule has 1 unspecified atom stereocenters. The van der Waals surface area contributed by atoms with Gasteiger partial charge in [-0.3, -0.25) is 23.9 Å². The zero-order valence-corrected chi connectivity index (χ0v) is 19.8. The van der Waals surface area contributed by atoms with Crippen LogP contribution in [0.5, 0.6) is 0 Å². The molecule has 34 heavy (non-hydrogen) atoms. The molecule has 10 heteroatoms. The smallest absolute Gasteiger partial charge is 0.330 e. The van der Waals surface area contributed by atoms with E-state index in [2.05, 4.69) is 4.98 Å². The predicted octanol–water partition coefficient (Wildman–Crippen LogP) is 0.990. The molecule has 0 aliphatic carbocycles. The Morgan fingerprint density at radius 2 is 1.97 bits per heavy atom. The topological polar surface area (TPSA) is 131 Å². The van der Waals surface area contributed by atoms with Crippen molar-refractivity contribution in [1.29, 1.82) is 0 Å². The van der Waals surface area contributed by atoms with Crippen LogP contribution in [0.3, 0.4) is 0 Å². The predicted molar refractivity (Wildman–Crippen MR) is 130 cm³/mol. The molecule has 1 saturated heterocycles. The van der Waals surface area contributed by atoms with Gasteiger partial charge in [0.25, 0.3) is 5.56 Å². The summed E-state index contributed by atoms with van der Waals surface area (Å²) >= 11 is 0. The lowest BCUT2D eigenvalue weighted by atomic mass is 9.95. The number of H-pyrrole nitrogens is 1. The van der Waals surface area contributed by atoms with Crippen LogP contribution in [-0.4, -0.2) is 59.6 Å². The van der Waals surface area contributed by atoms with Gasteiger partial charge in [-0.15, -0.1) is 0 Å². The van der Waals surface area contributed by atoms with E-state index in [9.17, 15) is 19.2 Å². The lowest BCUT2D eigenvalue weighted by molar-refractivity contribution is -0.134. The Hall–Kier alpha value is -3.40. The minimum Gasteiger partial charge on any atom is -0.383 e. The molecule has 2 heterocycles. The molecular weight excluding hydrogens is 438 g/mol. The molecule has 2 amide bonds. The van der Waals surface area contributed by atoms with Crippen LogP contribution in [0.2, 0.25) is 0 Å². The first-order chi connectivity index (χ1) is 16.4. The molecule has 10 nitrogen and oxygen atoms in total. The Balaban J connectivity index is 1.85. The lowest BCUT2D eigenvalue weighted by Gasteiger charge is -2.35. The molecule has 2 aromatic rings. The number of ether oxygens (including phenoxy) is 1. The van der Waals surface area contributed by atoms with Crippen molar-refractivity contribution in [3.05, 3.63) is 56.7 Å². The molecule has 1 atom stereocenters. The molecule has 0 saturated carbocycles. The van der Waals surface area contributed by atoms with E-state index in [1.54, 1.807) is 4.90 Å². The summed E-state index contributed by atoms with van der Waals surface area (Å²) in [7, 11) is 1.50. The molecule has 1 aromatic heterocycles. The van der Waals surface area contributed by atoms with Gasteiger partial charge in [-0.2, -0.15) is 0 Å². The maximum atomic E-state index is 13.6. The number of nitrogens with two attached hydrogens (primary N) is 1. The largest absolute Gasteiger partial charge is 0.383 e. The van der Waals surface area contributed by atoms with Gasteiger partial charge in [0.15, 0.2) is 5.69 Å². The van der Waals surface area contributed by atoms with Crippen molar-refractivity contribution in [2.75, 3.05) is 44.0 Å². The fourth-order valence-corrected chi connectivity index (χ4v) is 4.31. The third kappa shape index (κ3) is 5.74. The van der Waals surface area contributed by atoms with Crippen molar-refractivity contribution in [1.82, 2.24) is 14.5 Å². The van der Waals surface area contributed by atoms with Crippen LogP contribution in [0.4, 0.5) is 11.5 Å². The van der Waals surface area contributed by atoms with Crippen LogP contribution in [0.15, 0.2) is 39.9 Å². The van der Waals surface area contributed by atoms with Gasteiger partial charge in [0, 0.05) is 33.3 Å². The highest BCUT2D eigenvalue weighted by Gasteiger charge is 2.34. The highest BCUT2D eigenvalue weighted by atomic mass is 16.5. The molecule has 3 rings (SSSR count). The van der Waals surface area contributed by atoms with Crippen LogP contribution < -0.4 is 21.9 Å². The Bertz CT molecular complexity index is 1110. The third-order valence-electron chi connectivity index (χ3n) is 6.04. The van der Waals surface area contributed by atoms with E-state index in [0.29, 0.717) is 32.4 Å². The Morgan fingerprint density at radius 1 is 1.24 bits per heavy atom. The monoisotopic (exact) mass is 471 g/mol. The fraction of sp³-hybridized carbons (Fsp3) is 0.500. The van der Waals surface area contributed by atoms with Crippen LogP contribution >= 0.6 is 0 Å². The van der Waals surface area contributed by atoms with Gasteiger partial charge in [0.05, 0.1) is 18.9 Å². The maximum Gasteiger partial charge on any atom is 0.330 e. The summed E-state index contributed by atoms with van der Waals surface area (Å²) in [5.41, 5.74) is 5.76. The van der Waals surface area contributed by atoms with Crippen molar-refractivity contribution >= 4 is 23.3 Å². The van der Waals surface area contributed by atoms with E-state index >= 15 is 0 Å². The number of nitrogens with zero attached hydrogens (tertiary/aromatic N) is 3. The number of carbonyl (C=O) groups excluding carboxylic acids is 2. The molecule has 1 aliphatic rings. The summed E-state index contributed by atoms with van der Waals surface area (Å²) < 4.78 is 6.42. The number of aromatic amines is 1. The van der Waals surface area contributed by atoms with Crippen molar-refractivity contribution in [3.63, 3.8) is 0 Å². The summed E-state index contributed by atoms with van der Waals surface area (Å²) in [5, 5.41) is 0. The number of nitrogens with one attached hydrogen (secondary N) is 1. The zero-order valence-electron chi connectivity index (χ0n) is 19.8. The molecule has 1 aliphatic heterocycles. The van der Waals surface area contributed by atoms with E-state index < -0.39 is 17.2 Å². The second-order valence-electron chi connectivity index (χ2n) is 8.47. The van der Waals surface area contributed by atoms with Gasteiger partial charge in [0.2, 0.25) is 11.8 Å². The number of amides is 2. The summed E-state index contributed by atoms with van der Waals surface area (Å²) in [6.45, 7) is 3.32. The first-order valence-corrected chi connectivity index (χ1v) is 11.6. The first kappa shape index (κ1) is 25.2. The standard InChI is InChI=1S/C24H33N5O5/c1-3-11-29-21(25)20(22(31)26-24(29)33)28(13-14-34-2)23(32)18-10-7-12-27(16-18)19(30)15-17-8-5-4-6-9-17/h4-6,8-9,18H,3,7,10-16,25H2,1-2H3,(H,26,31,33). The van der Waals surface area contributed by atoms with E-state index in [4.69, 9.17) is 10.5 Å². The molecule has 1 fully saturated rings. The number of hydrogen-bond acceptors (Lipinski definition) is 6. The maximum absolute atomic E-state index is 13.6. The van der Waals surface area contributed by atoms with Crippen LogP contribution in [0.25, 0.3) is 0 Å². The van der Waals surface area contributed by atoms with Crippen molar-refractivity contribution in [3.8, 4) is 0 Å². The third-order valence-corrected chi connectivity index (χ3v) is 6.04. The summed E-state index contributed by atoms with van der Waals surface area (Å²) in [6.07, 6.45) is 2.16. The number of hydrogen-bond donors (Lipinski definition) is 2. The Kier molecular flexibility index (Phi) is 8.64. The second kappa shape index (κ2) is 11.6. The van der Waals surface area contributed by atoms with E-state index in [1.165, 1.54) is 16.6 Å². The number of anilines is 2. The van der Waals surface area contributed by atoms with Gasteiger partial charge in [0.1, 0.15) is 5.82 Å². The van der Waals surface area contributed by atoms with Gasteiger partial charge >= 0.3 is 5.69 Å². The molecule has 1 aromatic carbocycles. The van der Waals surface area contributed by atoms with Crippen LogP contribution in [0, 0.1) is 5.92 Å². The average Bonchev–Trinajstić information content (AvgIpc) is 2.84. The quantitative estimate of drug-likeness (QED) is 0.561. The SMILES string of the molecule is CCCn1c(N)c(N(CCOC)C(=O)C2CCCN(C(=O)Cc3ccccc3)C2)c(=O)[nH]c1=O. The summed E-state index contributed by atoms with van der Waals surface area (Å²) in [5.74, 6) is -0.891. The van der Waals surface area contributed by atoms with Crippen LogP contribution in [-0.2, 0) is 27.3 Å². The fourth-order valence-electron chi connectivity index (χ4n) is 4.31. The minimum absolute atomic E-state index is 0.0407. The highest BCUT2D eigenvalue weighted by Crippen LogP contribution is 2.24. The normalized spacial score (nSPS) is 15.8. The lowest BCUT2D eigenvalue weighted by Crippen LogP contribution is -2.50. The van der Waals surface area contributed by atoms with E-state index in [0.717, 1.165) is 5.56 Å². The average molecular weight is 472 g/mol. The van der Waals surface area contributed by atoms with Crippen molar-refractivity contribution in [2.45, 2.75) is 39.2 Å². The number of rotatable bonds is 9. The van der Waals surface area contributed by atoms with E-state index in [1.807, 2.05) is 37.3 Å². The number of methoxy groups -OCH3 is 1. The number of aromatic nitrogens is 2. The summed E-state index contributed by atoms with van der Waals surface area (Å²) in [6, 6.07) is 9.47. The molecular formula is C24H33N5O5. The zero-order chi connectivity index (χ0) is 24.7. The number of benzene rings is 1. The number of piperidine rings is 1. The number of nitrogen functional groups attached to an aromatic ring is 1.